The van der Waals surface area contributed by atoms with Gasteiger partial charge in [0.15, 0.2) is 0 Å². The highest BCUT2D eigenvalue weighted by molar-refractivity contribution is 4.96. The molecular formula is C4H8N2O. The number of hydrogen-bond acceptors (Lipinski definition) is 3. The Labute approximate surface area is 42.2 Å². The Hall–Kier alpha value is -0.700. The molecule has 0 atom stereocenters. The molecule has 0 aromatic carbocycles. The lowest BCUT2D eigenvalue weighted by molar-refractivity contribution is 0.364. The van der Waals surface area contributed by atoms with Crippen molar-refractivity contribution in [3.8, 4) is 0 Å². The van der Waals surface area contributed by atoms with Crippen molar-refractivity contribution < 1.29 is 5.11 Å². The Bertz CT molecular complexity index is 99.9. The van der Waals surface area contributed by atoms with Crippen molar-refractivity contribution in [2.24, 2.45) is 0 Å². The van der Waals surface area contributed by atoms with Crippen LogP contribution in [0.2, 0.25) is 0 Å². The molecule has 40 valence electrons. The maximum atomic E-state index is 8.66. The van der Waals surface area contributed by atoms with Crippen molar-refractivity contribution in [3.05, 3.63) is 12.0 Å². The van der Waals surface area contributed by atoms with Gasteiger partial charge >= 0.3 is 0 Å². The summed E-state index contributed by atoms with van der Waals surface area (Å²) in [6, 6.07) is 0. The zero-order valence-electron chi connectivity index (χ0n) is 4.18. The van der Waals surface area contributed by atoms with Crippen LogP contribution in [0.3, 0.4) is 0 Å². The van der Waals surface area contributed by atoms with E-state index in [9.17, 15) is 0 Å². The topological polar surface area (TPSA) is 35.5 Å². The number of nitrogens with zero attached hydrogens (tertiary/aromatic N) is 1. The van der Waals surface area contributed by atoms with E-state index in [4.69, 9.17) is 5.11 Å². The molecule has 1 aliphatic heterocycles. The molecular weight excluding hydrogens is 92.1 g/mol. The van der Waals surface area contributed by atoms with Crippen LogP contribution in [0.15, 0.2) is 12.0 Å². The van der Waals surface area contributed by atoms with Crippen LogP contribution in [-0.2, 0) is 0 Å². The minimum Gasteiger partial charge on any atom is -0.509 e. The van der Waals surface area contributed by atoms with E-state index in [-0.39, 0.29) is 0 Å². The first-order chi connectivity index (χ1) is 3.29. The molecule has 7 heavy (non-hydrogen) atoms. The molecule has 0 amide bonds. The first-order valence-electron chi connectivity index (χ1n) is 2.15. The van der Waals surface area contributed by atoms with Gasteiger partial charge in [0.05, 0.1) is 12.7 Å². The molecule has 2 N–H and O–H groups in total. The summed E-state index contributed by atoms with van der Waals surface area (Å²) < 4.78 is 0. The third kappa shape index (κ3) is 0.838. The molecule has 0 fully saturated rings. The molecule has 0 saturated heterocycles. The highest BCUT2D eigenvalue weighted by Gasteiger charge is 2.02. The molecule has 0 unspecified atom stereocenters. The van der Waals surface area contributed by atoms with Gasteiger partial charge in [0, 0.05) is 7.05 Å². The van der Waals surface area contributed by atoms with E-state index in [1.54, 1.807) is 11.2 Å². The summed E-state index contributed by atoms with van der Waals surface area (Å²) in [7, 11) is 1.84. The van der Waals surface area contributed by atoms with Crippen LogP contribution in [0.1, 0.15) is 0 Å². The smallest absolute Gasteiger partial charge is 0.125 e. The molecule has 1 aliphatic rings. The van der Waals surface area contributed by atoms with Crippen LogP contribution >= 0.6 is 0 Å². The van der Waals surface area contributed by atoms with Gasteiger partial charge in [0.2, 0.25) is 0 Å². The third-order valence-corrected chi connectivity index (χ3v) is 0.852. The summed E-state index contributed by atoms with van der Waals surface area (Å²) >= 11 is 0. The summed E-state index contributed by atoms with van der Waals surface area (Å²) in [6.45, 7) is 0.566. The Morgan fingerprint density at radius 3 is 2.86 bits per heavy atom. The minimum atomic E-state index is 0.391. The average Bonchev–Trinajstić information content (AvgIpc) is 1.87. The van der Waals surface area contributed by atoms with Gasteiger partial charge in [0.25, 0.3) is 0 Å². The second-order valence-electron chi connectivity index (χ2n) is 1.57. The van der Waals surface area contributed by atoms with Crippen LogP contribution in [0.25, 0.3) is 0 Å². The normalized spacial score (nSPS) is 20.1. The first-order valence-corrected chi connectivity index (χ1v) is 2.15. The second-order valence-corrected chi connectivity index (χ2v) is 1.57. The maximum Gasteiger partial charge on any atom is 0.125 e. The summed E-state index contributed by atoms with van der Waals surface area (Å²) in [6.07, 6.45) is 1.64. The largest absolute Gasteiger partial charge is 0.509 e. The Morgan fingerprint density at radius 1 is 2.00 bits per heavy atom. The zero-order valence-corrected chi connectivity index (χ0v) is 4.18. The van der Waals surface area contributed by atoms with Crippen molar-refractivity contribution >= 4 is 0 Å². The van der Waals surface area contributed by atoms with Gasteiger partial charge in [-0.25, -0.2) is 5.43 Å². The van der Waals surface area contributed by atoms with E-state index in [0.29, 0.717) is 12.3 Å². The molecule has 0 aliphatic carbocycles. The van der Waals surface area contributed by atoms with E-state index in [1.165, 1.54) is 0 Å². The van der Waals surface area contributed by atoms with E-state index >= 15 is 0 Å². The van der Waals surface area contributed by atoms with Crippen molar-refractivity contribution in [1.29, 1.82) is 0 Å². The van der Waals surface area contributed by atoms with E-state index in [2.05, 4.69) is 5.43 Å². The molecule has 3 heteroatoms. The summed E-state index contributed by atoms with van der Waals surface area (Å²) in [5.41, 5.74) is 2.86. The van der Waals surface area contributed by atoms with Gasteiger partial charge in [-0.15, -0.1) is 0 Å². The van der Waals surface area contributed by atoms with E-state index in [0.717, 1.165) is 0 Å². The van der Waals surface area contributed by atoms with Crippen LogP contribution in [-0.4, -0.2) is 23.7 Å². The number of aliphatic hydroxyl groups excluding tert-OH is 1. The van der Waals surface area contributed by atoms with Crippen LogP contribution in [0.5, 0.6) is 0 Å². The number of nitrogens with one attached hydrogen (secondary N) is 1. The van der Waals surface area contributed by atoms with Crippen LogP contribution in [0.4, 0.5) is 0 Å². The predicted octanol–water partition coefficient (Wildman–Crippen LogP) is -0.164. The molecule has 1 heterocycles. The Morgan fingerprint density at radius 2 is 2.71 bits per heavy atom. The fourth-order valence-electron chi connectivity index (χ4n) is 0.521. The Kier molecular flexibility index (Phi) is 0.906. The van der Waals surface area contributed by atoms with Gasteiger partial charge in [-0.05, 0) is 0 Å². The summed E-state index contributed by atoms with van der Waals surface area (Å²) in [5.74, 6) is 0.391. The van der Waals surface area contributed by atoms with Gasteiger partial charge < -0.3 is 10.1 Å². The molecule has 0 spiro atoms. The van der Waals surface area contributed by atoms with Gasteiger partial charge in [-0.3, -0.25) is 0 Å². The van der Waals surface area contributed by atoms with Crippen LogP contribution < -0.4 is 5.43 Å². The molecule has 0 bridgehead atoms. The van der Waals surface area contributed by atoms with E-state index < -0.39 is 0 Å². The quantitative estimate of drug-likeness (QED) is 0.444. The SMILES string of the molecule is CN1C=C(O)CN1. The summed E-state index contributed by atoms with van der Waals surface area (Å²) in [5, 5.41) is 10.4. The zero-order chi connectivity index (χ0) is 5.28. The maximum absolute atomic E-state index is 8.66. The molecule has 1 rings (SSSR count). The molecule has 0 radical (unpaired) electrons. The minimum absolute atomic E-state index is 0.391. The fraction of sp³-hybridized carbons (Fsp3) is 0.500. The third-order valence-electron chi connectivity index (χ3n) is 0.852. The number of rotatable bonds is 0. The summed E-state index contributed by atoms with van der Waals surface area (Å²) in [4.78, 5) is 0. The standard InChI is InChI=1S/C4H8N2O/c1-6-3-4(7)2-5-6/h3,5,7H,2H2,1H3. The number of hydrazine groups is 1. The van der Waals surface area contributed by atoms with E-state index in [1.807, 2.05) is 7.05 Å². The number of hydrogen-bond donors (Lipinski definition) is 2. The van der Waals surface area contributed by atoms with Crippen molar-refractivity contribution in [2.45, 2.75) is 0 Å². The molecule has 0 aromatic heterocycles. The van der Waals surface area contributed by atoms with Gasteiger partial charge in [-0.2, -0.15) is 0 Å². The van der Waals surface area contributed by atoms with Gasteiger partial charge in [-0.1, -0.05) is 0 Å². The molecule has 3 nitrogen and oxygen atoms in total. The predicted molar refractivity (Wildman–Crippen MR) is 26.5 cm³/mol. The lowest BCUT2D eigenvalue weighted by Crippen LogP contribution is -2.23. The average molecular weight is 100 g/mol. The first kappa shape index (κ1) is 4.46. The highest BCUT2D eigenvalue weighted by atomic mass is 16.3. The lowest BCUT2D eigenvalue weighted by Gasteiger charge is -2.03. The molecule has 0 saturated carbocycles. The van der Waals surface area contributed by atoms with Crippen molar-refractivity contribution in [1.82, 2.24) is 10.4 Å². The highest BCUT2D eigenvalue weighted by Crippen LogP contribution is 1.94. The monoisotopic (exact) mass is 100 g/mol. The Balaban J connectivity index is 2.50. The lowest BCUT2D eigenvalue weighted by atomic mass is 10.6. The van der Waals surface area contributed by atoms with Crippen molar-refractivity contribution in [3.63, 3.8) is 0 Å². The fourth-order valence-corrected chi connectivity index (χ4v) is 0.521. The van der Waals surface area contributed by atoms with Gasteiger partial charge in [0.1, 0.15) is 5.76 Å². The van der Waals surface area contributed by atoms with Crippen LogP contribution in [0, 0.1) is 0 Å². The van der Waals surface area contributed by atoms with Crippen molar-refractivity contribution in [2.75, 3.05) is 13.6 Å². The molecule has 0 aromatic rings. The second kappa shape index (κ2) is 1.42. The number of aliphatic hydroxyl groups is 1.